The van der Waals surface area contributed by atoms with E-state index in [-0.39, 0.29) is 12.5 Å². The Morgan fingerprint density at radius 1 is 1.65 bits per heavy atom. The molecule has 0 fully saturated rings. The molecular weight excluding hydrogens is 290 g/mol. The van der Waals surface area contributed by atoms with Gasteiger partial charge in [0.1, 0.15) is 11.5 Å². The predicted octanol–water partition coefficient (Wildman–Crippen LogP) is 0.129. The molecule has 2 heterocycles. The van der Waals surface area contributed by atoms with Crippen molar-refractivity contribution in [3.8, 4) is 0 Å². The van der Waals surface area contributed by atoms with Crippen LogP contribution in [0.3, 0.4) is 0 Å². The van der Waals surface area contributed by atoms with E-state index in [1.54, 1.807) is 23.9 Å². The van der Waals surface area contributed by atoms with Gasteiger partial charge in [-0.3, -0.25) is 9.78 Å². The Kier molecular flexibility index (Phi) is 3.14. The third kappa shape index (κ3) is 2.64. The van der Waals surface area contributed by atoms with Crippen LogP contribution < -0.4 is 11.0 Å². The number of halogens is 1. The lowest BCUT2D eigenvalue weighted by molar-refractivity contribution is 0.0942. The second kappa shape index (κ2) is 4.58. The van der Waals surface area contributed by atoms with Crippen LogP contribution in [0.15, 0.2) is 21.5 Å². The maximum Gasteiger partial charge on any atom is 0.340 e. The third-order valence-electron chi connectivity index (χ3n) is 2.17. The summed E-state index contributed by atoms with van der Waals surface area (Å²) in [6.45, 7) is 0.167. The van der Waals surface area contributed by atoms with Gasteiger partial charge in [-0.2, -0.15) is 5.10 Å². The Morgan fingerprint density at radius 2 is 2.41 bits per heavy atom. The first-order valence-electron chi connectivity index (χ1n) is 4.80. The second-order valence-electron chi connectivity index (χ2n) is 3.46. The highest BCUT2D eigenvalue weighted by Gasteiger charge is 2.11. The summed E-state index contributed by atoms with van der Waals surface area (Å²) in [4.78, 5) is 25.0. The van der Waals surface area contributed by atoms with Crippen molar-refractivity contribution in [3.63, 3.8) is 0 Å². The van der Waals surface area contributed by atoms with Gasteiger partial charge in [-0.1, -0.05) is 0 Å². The lowest BCUT2D eigenvalue weighted by Gasteiger charge is -2.03. The molecule has 1 amide bonds. The predicted molar refractivity (Wildman–Crippen MR) is 63.5 cm³/mol. The molecule has 0 aromatic carbocycles. The van der Waals surface area contributed by atoms with Crippen LogP contribution >= 0.6 is 15.9 Å². The molecule has 90 valence electrons. The van der Waals surface area contributed by atoms with Gasteiger partial charge in [0.25, 0.3) is 5.91 Å². The summed E-state index contributed by atoms with van der Waals surface area (Å²) in [7, 11) is 1.77. The number of hydrogen-bond acceptors (Lipinski definition) is 3. The van der Waals surface area contributed by atoms with Crippen LogP contribution in [-0.4, -0.2) is 25.7 Å². The van der Waals surface area contributed by atoms with Crippen molar-refractivity contribution in [2.75, 3.05) is 0 Å². The average molecular weight is 300 g/mol. The van der Waals surface area contributed by atoms with Crippen LogP contribution in [0.1, 0.15) is 16.3 Å². The molecule has 0 aliphatic carbocycles. The number of hydrogen-bond donors (Lipinski definition) is 3. The maximum absolute atomic E-state index is 11.8. The van der Waals surface area contributed by atoms with Gasteiger partial charge >= 0.3 is 5.69 Å². The number of aromatic amines is 2. The van der Waals surface area contributed by atoms with Gasteiger partial charge in [0.05, 0.1) is 6.54 Å². The second-order valence-corrected chi connectivity index (χ2v) is 4.38. The number of aryl methyl sites for hydroxylation is 1. The summed E-state index contributed by atoms with van der Waals surface area (Å²) in [5, 5.41) is 8.56. The Balaban J connectivity index is 2.02. The van der Waals surface area contributed by atoms with Crippen LogP contribution in [0.2, 0.25) is 0 Å². The smallest absolute Gasteiger partial charge is 0.340 e. The standard InChI is InChI=1S/C9H10BrN5O2/c1-15-4-5(10)2-6(15)8(16)11-3-7-12-9(17)14-13-7/h2,4H,3H2,1H3,(H,11,16)(H2,12,13,14,17). The first-order chi connectivity index (χ1) is 8.06. The van der Waals surface area contributed by atoms with Crippen molar-refractivity contribution < 1.29 is 4.79 Å². The number of carbonyl (C=O) groups excluding carboxylic acids is 1. The molecule has 0 unspecified atom stereocenters. The van der Waals surface area contributed by atoms with Gasteiger partial charge in [0.15, 0.2) is 0 Å². The molecule has 8 heteroatoms. The summed E-state index contributed by atoms with van der Waals surface area (Å²) in [5.41, 5.74) is 0.130. The van der Waals surface area contributed by atoms with Crippen molar-refractivity contribution in [1.29, 1.82) is 0 Å². The normalized spacial score (nSPS) is 10.5. The summed E-state index contributed by atoms with van der Waals surface area (Å²) in [6, 6.07) is 1.71. The van der Waals surface area contributed by atoms with E-state index < -0.39 is 5.69 Å². The average Bonchev–Trinajstić information content (AvgIpc) is 2.81. The van der Waals surface area contributed by atoms with Gasteiger partial charge in [-0.15, -0.1) is 0 Å². The van der Waals surface area contributed by atoms with E-state index in [0.29, 0.717) is 11.5 Å². The Hall–Kier alpha value is -1.83. The van der Waals surface area contributed by atoms with E-state index in [9.17, 15) is 9.59 Å². The summed E-state index contributed by atoms with van der Waals surface area (Å²) in [6.07, 6.45) is 1.78. The first kappa shape index (κ1) is 11.6. The fourth-order valence-electron chi connectivity index (χ4n) is 1.39. The minimum absolute atomic E-state index is 0.167. The highest BCUT2D eigenvalue weighted by atomic mass is 79.9. The molecule has 0 atom stereocenters. The fraction of sp³-hybridized carbons (Fsp3) is 0.222. The number of nitrogens with one attached hydrogen (secondary N) is 3. The van der Waals surface area contributed by atoms with Crippen molar-refractivity contribution in [3.05, 3.63) is 38.7 Å². The number of H-pyrrole nitrogens is 2. The Labute approximate surface area is 104 Å². The zero-order valence-electron chi connectivity index (χ0n) is 8.95. The Bertz CT molecular complexity index is 597. The van der Waals surface area contributed by atoms with Gasteiger partial charge in [-0.05, 0) is 22.0 Å². The minimum atomic E-state index is -0.393. The summed E-state index contributed by atoms with van der Waals surface area (Å²) < 4.78 is 2.53. The zero-order valence-corrected chi connectivity index (χ0v) is 10.5. The lowest BCUT2D eigenvalue weighted by atomic mass is 10.4. The number of nitrogens with zero attached hydrogens (tertiary/aromatic N) is 2. The zero-order chi connectivity index (χ0) is 12.4. The molecule has 2 aromatic heterocycles. The van der Waals surface area contributed by atoms with Gasteiger partial charge in [0, 0.05) is 17.7 Å². The largest absolute Gasteiger partial charge is 0.345 e. The van der Waals surface area contributed by atoms with E-state index in [1.165, 1.54) is 0 Å². The van der Waals surface area contributed by atoms with E-state index in [1.807, 2.05) is 0 Å². The molecule has 0 saturated carbocycles. The van der Waals surface area contributed by atoms with Gasteiger partial charge < -0.3 is 9.88 Å². The number of aromatic nitrogens is 4. The van der Waals surface area contributed by atoms with Crippen molar-refractivity contribution in [2.24, 2.45) is 7.05 Å². The van der Waals surface area contributed by atoms with Crippen LogP contribution in [0.5, 0.6) is 0 Å². The van der Waals surface area contributed by atoms with E-state index in [2.05, 4.69) is 36.4 Å². The molecule has 3 N–H and O–H groups in total. The molecule has 0 radical (unpaired) electrons. The van der Waals surface area contributed by atoms with E-state index in [4.69, 9.17) is 0 Å². The van der Waals surface area contributed by atoms with E-state index >= 15 is 0 Å². The van der Waals surface area contributed by atoms with Crippen LogP contribution in [0.4, 0.5) is 0 Å². The molecule has 0 aliphatic heterocycles. The fourth-order valence-corrected chi connectivity index (χ4v) is 1.92. The topological polar surface area (TPSA) is 95.6 Å². The monoisotopic (exact) mass is 299 g/mol. The van der Waals surface area contributed by atoms with Gasteiger partial charge in [0.2, 0.25) is 0 Å². The summed E-state index contributed by atoms with van der Waals surface area (Å²) >= 11 is 3.28. The molecular formula is C9H10BrN5O2. The van der Waals surface area contributed by atoms with Crippen molar-refractivity contribution in [1.82, 2.24) is 25.1 Å². The van der Waals surface area contributed by atoms with Crippen molar-refractivity contribution >= 4 is 21.8 Å². The van der Waals surface area contributed by atoms with E-state index in [0.717, 1.165) is 4.47 Å². The van der Waals surface area contributed by atoms with Crippen LogP contribution in [0.25, 0.3) is 0 Å². The van der Waals surface area contributed by atoms with Crippen molar-refractivity contribution in [2.45, 2.75) is 6.54 Å². The molecule has 17 heavy (non-hydrogen) atoms. The maximum atomic E-state index is 11.8. The first-order valence-corrected chi connectivity index (χ1v) is 5.59. The van der Waals surface area contributed by atoms with Gasteiger partial charge in [-0.25, -0.2) is 9.89 Å². The lowest BCUT2D eigenvalue weighted by Crippen LogP contribution is -2.25. The third-order valence-corrected chi connectivity index (χ3v) is 2.60. The quantitative estimate of drug-likeness (QED) is 0.752. The highest BCUT2D eigenvalue weighted by Crippen LogP contribution is 2.13. The summed E-state index contributed by atoms with van der Waals surface area (Å²) in [5.74, 6) is 0.152. The number of amides is 1. The SMILES string of the molecule is Cn1cc(Br)cc1C(=O)NCc1n[nH]c(=O)[nH]1. The molecule has 0 spiro atoms. The molecule has 2 rings (SSSR count). The molecule has 0 saturated heterocycles. The number of rotatable bonds is 3. The Morgan fingerprint density at radius 3 is 2.94 bits per heavy atom. The molecule has 2 aromatic rings. The van der Waals surface area contributed by atoms with Crippen LogP contribution in [0, 0.1) is 0 Å². The number of carbonyl (C=O) groups is 1. The molecule has 7 nitrogen and oxygen atoms in total. The van der Waals surface area contributed by atoms with Crippen LogP contribution in [-0.2, 0) is 13.6 Å². The molecule has 0 bridgehead atoms. The molecule has 0 aliphatic rings. The highest BCUT2D eigenvalue weighted by molar-refractivity contribution is 9.10. The minimum Gasteiger partial charge on any atom is -0.345 e.